The van der Waals surface area contributed by atoms with Gasteiger partial charge in [0.1, 0.15) is 11.9 Å². The molecule has 0 saturated heterocycles. The first-order valence-electron chi connectivity index (χ1n) is 15.0. The third-order valence-corrected chi connectivity index (χ3v) is 9.29. The smallest absolute Gasteiger partial charge is 0.276 e. The topological polar surface area (TPSA) is 122 Å². The number of aryl methyl sites for hydroxylation is 1. The molecule has 0 aliphatic carbocycles. The summed E-state index contributed by atoms with van der Waals surface area (Å²) in [6.07, 6.45) is -0.927. The first kappa shape index (κ1) is 31.3. The largest absolute Gasteiger partial charge is 0.494 e. The summed E-state index contributed by atoms with van der Waals surface area (Å²) < 4.78 is 35.3. The molecule has 0 spiro atoms. The quantitative estimate of drug-likeness (QED) is 0.123. The highest BCUT2D eigenvalue weighted by Gasteiger charge is 2.42. The molecule has 238 valence electrons. The van der Waals surface area contributed by atoms with Gasteiger partial charge in [-0.2, -0.15) is 0 Å². The van der Waals surface area contributed by atoms with Crippen LogP contribution in [0.15, 0.2) is 126 Å². The monoisotopic (exact) mass is 648 g/mol. The molecule has 47 heavy (non-hydrogen) atoms. The molecule has 1 aliphatic heterocycles. The maximum Gasteiger partial charge on any atom is 0.276 e. The van der Waals surface area contributed by atoms with E-state index in [0.29, 0.717) is 35.0 Å². The number of nitro groups is 1. The van der Waals surface area contributed by atoms with Gasteiger partial charge in [0.05, 0.1) is 33.2 Å². The van der Waals surface area contributed by atoms with Gasteiger partial charge < -0.3 is 9.64 Å². The van der Waals surface area contributed by atoms with E-state index in [2.05, 4.69) is 4.72 Å². The van der Waals surface area contributed by atoms with Gasteiger partial charge in [-0.05, 0) is 80.1 Å². The highest BCUT2D eigenvalue weighted by molar-refractivity contribution is 7.92. The van der Waals surface area contributed by atoms with Crippen LogP contribution in [0.3, 0.4) is 0 Å². The summed E-state index contributed by atoms with van der Waals surface area (Å²) in [5.41, 5.74) is 3.49. The summed E-state index contributed by atoms with van der Waals surface area (Å²) in [6, 6.07) is 34.2. The average molecular weight is 649 g/mol. The van der Waals surface area contributed by atoms with E-state index in [1.165, 1.54) is 23.1 Å². The van der Waals surface area contributed by atoms with E-state index in [9.17, 15) is 23.3 Å². The maximum absolute atomic E-state index is 14.6. The van der Waals surface area contributed by atoms with Crippen LogP contribution >= 0.6 is 0 Å². The summed E-state index contributed by atoms with van der Waals surface area (Å²) >= 11 is 0. The number of carbonyl (C=O) groups is 1. The number of rotatable bonds is 10. The zero-order valence-electron chi connectivity index (χ0n) is 25.7. The highest BCUT2D eigenvalue weighted by Crippen LogP contribution is 2.45. The van der Waals surface area contributed by atoms with Crippen molar-refractivity contribution in [1.29, 1.82) is 0 Å². The van der Waals surface area contributed by atoms with Crippen molar-refractivity contribution in [2.45, 2.75) is 31.5 Å². The number of ether oxygens (including phenoxy) is 1. The molecule has 0 fully saturated rings. The number of anilines is 3. The number of nitrogens with one attached hydrogen (secondary N) is 1. The van der Waals surface area contributed by atoms with Crippen molar-refractivity contribution >= 4 is 38.7 Å². The standard InChI is InChI=1S/C36H32N4O6S/c1-3-46-29-19-15-27(16-20-29)37-47(44,45)30-21-22-33-32(23-30)36(41)39(28-17-13-25(2)14-18-28)35(31-11-7-8-12-34(31)40(42)43)38(33)24-26-9-5-4-6-10-26/h4-23,35,37H,3,24H2,1-2H3/t35-/m1/s1. The average Bonchev–Trinajstić information content (AvgIpc) is 3.07. The van der Waals surface area contributed by atoms with Crippen LogP contribution < -0.4 is 19.3 Å². The Morgan fingerprint density at radius 2 is 1.55 bits per heavy atom. The molecule has 10 nitrogen and oxygen atoms in total. The van der Waals surface area contributed by atoms with Crippen molar-refractivity contribution in [3.05, 3.63) is 154 Å². The van der Waals surface area contributed by atoms with Crippen molar-refractivity contribution < 1.29 is 22.9 Å². The van der Waals surface area contributed by atoms with Crippen LogP contribution in [-0.2, 0) is 16.6 Å². The lowest BCUT2D eigenvalue weighted by molar-refractivity contribution is -0.385. The van der Waals surface area contributed by atoms with Crippen molar-refractivity contribution in [2.24, 2.45) is 0 Å². The second kappa shape index (κ2) is 13.0. The SMILES string of the molecule is CCOc1ccc(NS(=O)(=O)c2ccc3c(c2)C(=O)N(c2ccc(C)cc2)[C@H](c2ccccc2[N+](=O)[O-])N3Cc2ccccc2)cc1. The van der Waals surface area contributed by atoms with Gasteiger partial charge in [0, 0.05) is 24.0 Å². The predicted molar refractivity (Wildman–Crippen MR) is 181 cm³/mol. The lowest BCUT2D eigenvalue weighted by Crippen LogP contribution is -2.49. The molecule has 0 aromatic heterocycles. The zero-order chi connectivity index (χ0) is 33.1. The molecule has 1 aliphatic rings. The van der Waals surface area contributed by atoms with Crippen LogP contribution in [0.25, 0.3) is 0 Å². The number of nitro benzene ring substituents is 1. The van der Waals surface area contributed by atoms with Gasteiger partial charge in [-0.1, -0.05) is 60.2 Å². The molecule has 1 amide bonds. The molecular formula is C36H32N4O6S. The molecule has 0 bridgehead atoms. The third kappa shape index (κ3) is 6.38. The van der Waals surface area contributed by atoms with E-state index in [1.807, 2.05) is 61.2 Å². The number of hydrogen-bond acceptors (Lipinski definition) is 7. The van der Waals surface area contributed by atoms with E-state index in [0.717, 1.165) is 11.1 Å². The number of hydrogen-bond donors (Lipinski definition) is 1. The van der Waals surface area contributed by atoms with Gasteiger partial charge in [-0.3, -0.25) is 24.5 Å². The molecule has 0 radical (unpaired) electrons. The van der Waals surface area contributed by atoms with Crippen LogP contribution in [0.4, 0.5) is 22.7 Å². The second-order valence-corrected chi connectivity index (χ2v) is 12.7. The van der Waals surface area contributed by atoms with Crippen molar-refractivity contribution in [3.63, 3.8) is 0 Å². The summed E-state index contributed by atoms with van der Waals surface area (Å²) in [5, 5.41) is 12.3. The summed E-state index contributed by atoms with van der Waals surface area (Å²) in [7, 11) is -4.11. The number of benzene rings is 5. The van der Waals surface area contributed by atoms with Crippen molar-refractivity contribution in [2.75, 3.05) is 21.1 Å². The number of carbonyl (C=O) groups excluding carboxylic acids is 1. The Morgan fingerprint density at radius 1 is 0.872 bits per heavy atom. The Kier molecular flexibility index (Phi) is 8.64. The van der Waals surface area contributed by atoms with Crippen LogP contribution in [0.2, 0.25) is 0 Å². The minimum absolute atomic E-state index is 0.105. The lowest BCUT2D eigenvalue weighted by atomic mass is 9.98. The van der Waals surface area contributed by atoms with Crippen molar-refractivity contribution in [3.8, 4) is 5.75 Å². The molecular weight excluding hydrogens is 616 g/mol. The number of para-hydroxylation sites is 1. The molecule has 0 unspecified atom stereocenters. The number of fused-ring (bicyclic) bond motifs is 1. The van der Waals surface area contributed by atoms with Crippen LogP contribution in [-0.4, -0.2) is 25.9 Å². The molecule has 0 saturated carbocycles. The molecule has 5 aromatic rings. The summed E-state index contributed by atoms with van der Waals surface area (Å²) in [4.78, 5) is 29.8. The Balaban J connectivity index is 1.51. The first-order chi connectivity index (χ1) is 22.7. The Labute approximate surface area is 273 Å². The van der Waals surface area contributed by atoms with Gasteiger partial charge in [0.2, 0.25) is 0 Å². The fourth-order valence-electron chi connectivity index (χ4n) is 5.71. The Bertz CT molecular complexity index is 2040. The molecule has 1 N–H and O–H groups in total. The normalized spacial score (nSPS) is 14.4. The van der Waals surface area contributed by atoms with E-state index in [-0.39, 0.29) is 22.7 Å². The highest BCUT2D eigenvalue weighted by atomic mass is 32.2. The molecule has 6 rings (SSSR count). The fraction of sp³-hybridized carbons (Fsp3) is 0.139. The van der Waals surface area contributed by atoms with E-state index < -0.39 is 27.0 Å². The number of sulfonamides is 1. The van der Waals surface area contributed by atoms with Crippen molar-refractivity contribution in [1.82, 2.24) is 0 Å². The summed E-state index contributed by atoms with van der Waals surface area (Å²) in [5.74, 6) is 0.118. The minimum Gasteiger partial charge on any atom is -0.494 e. The third-order valence-electron chi connectivity index (χ3n) is 7.91. The Morgan fingerprint density at radius 3 is 2.23 bits per heavy atom. The maximum atomic E-state index is 14.6. The lowest BCUT2D eigenvalue weighted by Gasteiger charge is -2.45. The van der Waals surface area contributed by atoms with E-state index in [1.54, 1.807) is 60.7 Å². The van der Waals surface area contributed by atoms with Gasteiger partial charge in [-0.25, -0.2) is 8.42 Å². The van der Waals surface area contributed by atoms with Crippen LogP contribution in [0, 0.1) is 17.0 Å². The van der Waals surface area contributed by atoms with Crippen LogP contribution in [0.1, 0.15) is 40.1 Å². The van der Waals surface area contributed by atoms with Gasteiger partial charge >= 0.3 is 0 Å². The van der Waals surface area contributed by atoms with Gasteiger partial charge in [-0.15, -0.1) is 0 Å². The molecule has 1 atom stereocenters. The minimum atomic E-state index is -4.11. The van der Waals surface area contributed by atoms with E-state index in [4.69, 9.17) is 4.74 Å². The first-order valence-corrected chi connectivity index (χ1v) is 16.5. The van der Waals surface area contributed by atoms with Gasteiger partial charge in [0.15, 0.2) is 0 Å². The van der Waals surface area contributed by atoms with Crippen LogP contribution in [0.5, 0.6) is 5.75 Å². The molecule has 1 heterocycles. The van der Waals surface area contributed by atoms with Gasteiger partial charge in [0.25, 0.3) is 21.6 Å². The van der Waals surface area contributed by atoms with E-state index >= 15 is 0 Å². The zero-order valence-corrected chi connectivity index (χ0v) is 26.6. The Hall–Kier alpha value is -5.68. The summed E-state index contributed by atoms with van der Waals surface area (Å²) in [6.45, 7) is 4.54. The molecule has 11 heteroatoms. The number of amides is 1. The predicted octanol–water partition coefficient (Wildman–Crippen LogP) is 7.47. The fourth-order valence-corrected chi connectivity index (χ4v) is 6.80. The molecule has 5 aromatic carbocycles. The number of nitrogens with zero attached hydrogens (tertiary/aromatic N) is 3. The second-order valence-electron chi connectivity index (χ2n) is 11.1.